The molecule has 0 aromatic carbocycles. The summed E-state index contributed by atoms with van der Waals surface area (Å²) in [5.41, 5.74) is 0. The van der Waals surface area contributed by atoms with Crippen LogP contribution >= 0.6 is 0 Å². The van der Waals surface area contributed by atoms with Crippen LogP contribution in [0.15, 0.2) is 4.99 Å². The van der Waals surface area contributed by atoms with Gasteiger partial charge >= 0.3 is 53.5 Å². The van der Waals surface area contributed by atoms with Crippen LogP contribution in [0.1, 0.15) is 6.92 Å². The maximum absolute atomic E-state index is 5.14. The van der Waals surface area contributed by atoms with Gasteiger partial charge in [-0.2, -0.15) is 0 Å². The van der Waals surface area contributed by atoms with Gasteiger partial charge in [0.25, 0.3) is 0 Å². The van der Waals surface area contributed by atoms with E-state index in [0.717, 1.165) is 12.4 Å². The predicted octanol–water partition coefficient (Wildman–Crippen LogP) is -2.56. The molecule has 0 amide bonds. The van der Waals surface area contributed by atoms with Gasteiger partial charge in [0.05, 0.1) is 0 Å². The van der Waals surface area contributed by atoms with E-state index >= 15 is 0 Å². The van der Waals surface area contributed by atoms with Crippen LogP contribution in [0.4, 0.5) is 0 Å². The first kappa shape index (κ1) is 5.34. The number of rotatable bonds is 0. The molecular formula is C4H7INO-. The molecule has 1 heterocycles. The molecule has 0 aromatic heterocycles. The van der Waals surface area contributed by atoms with Gasteiger partial charge in [0.1, 0.15) is 0 Å². The molecule has 0 N–H and O–H groups in total. The predicted molar refractivity (Wildman–Crippen MR) is 23.9 cm³/mol. The fraction of sp³-hybridized carbons (Fsp3) is 0.750. The average molecular weight is 212 g/mol. The standard InChI is InChI=1S/C4H7INO/c1-4-6-3-2-5-7-4/h2-3H2,1H3/q-1. The summed E-state index contributed by atoms with van der Waals surface area (Å²) < 4.78 is 6.33. The number of halogens is 1. The Labute approximate surface area is 53.8 Å². The van der Waals surface area contributed by atoms with Crippen molar-refractivity contribution in [3.63, 3.8) is 0 Å². The second-order valence-electron chi connectivity index (χ2n) is 1.28. The third-order valence-corrected chi connectivity index (χ3v) is 2.53. The van der Waals surface area contributed by atoms with Crippen molar-refractivity contribution in [2.45, 2.75) is 6.92 Å². The van der Waals surface area contributed by atoms with E-state index in [1.165, 1.54) is 4.43 Å². The Bertz CT molecular complexity index is 91.7. The zero-order valence-electron chi connectivity index (χ0n) is 4.15. The van der Waals surface area contributed by atoms with Crippen molar-refractivity contribution >= 4 is 5.90 Å². The summed E-state index contributed by atoms with van der Waals surface area (Å²) in [6.45, 7) is 2.91. The number of hydrogen-bond donors (Lipinski definition) is 0. The zero-order chi connectivity index (χ0) is 5.11. The van der Waals surface area contributed by atoms with Gasteiger partial charge < -0.3 is 0 Å². The molecule has 0 fully saturated rings. The van der Waals surface area contributed by atoms with Gasteiger partial charge in [-0.1, -0.05) is 0 Å². The third-order valence-electron chi connectivity index (χ3n) is 0.662. The Morgan fingerprint density at radius 3 is 3.00 bits per heavy atom. The summed E-state index contributed by atoms with van der Waals surface area (Å²) in [6.07, 6.45) is 0. The van der Waals surface area contributed by atoms with Crippen molar-refractivity contribution in [3.8, 4) is 0 Å². The van der Waals surface area contributed by atoms with Crippen LogP contribution in [0.25, 0.3) is 0 Å². The molecule has 1 rings (SSSR count). The van der Waals surface area contributed by atoms with E-state index in [9.17, 15) is 0 Å². The van der Waals surface area contributed by atoms with Crippen LogP contribution in [0.2, 0.25) is 0 Å². The fourth-order valence-corrected chi connectivity index (χ4v) is 1.62. The maximum atomic E-state index is 5.14. The van der Waals surface area contributed by atoms with Crippen molar-refractivity contribution in [2.24, 2.45) is 4.99 Å². The Morgan fingerprint density at radius 1 is 1.86 bits per heavy atom. The van der Waals surface area contributed by atoms with Gasteiger partial charge in [0.2, 0.25) is 0 Å². The minimum absolute atomic E-state index is 0.0437. The molecule has 0 aromatic rings. The van der Waals surface area contributed by atoms with E-state index in [1.54, 1.807) is 0 Å². The molecule has 0 atom stereocenters. The summed E-state index contributed by atoms with van der Waals surface area (Å²) in [4.78, 5) is 4.05. The van der Waals surface area contributed by atoms with E-state index in [4.69, 9.17) is 3.07 Å². The minimum atomic E-state index is 0.0437. The number of alkyl halides is 1. The van der Waals surface area contributed by atoms with Crippen LogP contribution in [0, 0.1) is 0 Å². The van der Waals surface area contributed by atoms with Gasteiger partial charge in [-0.25, -0.2) is 0 Å². The molecule has 0 aliphatic carbocycles. The Hall–Kier alpha value is 0.200. The van der Waals surface area contributed by atoms with Crippen molar-refractivity contribution in [3.05, 3.63) is 0 Å². The first-order chi connectivity index (χ1) is 3.39. The second kappa shape index (κ2) is 2.49. The van der Waals surface area contributed by atoms with E-state index in [-0.39, 0.29) is 21.6 Å². The molecule has 0 radical (unpaired) electrons. The average Bonchev–Trinajstić information content (AvgIpc) is 1.69. The topological polar surface area (TPSA) is 21.6 Å². The van der Waals surface area contributed by atoms with E-state index in [1.807, 2.05) is 6.92 Å². The molecule has 0 bridgehead atoms. The quantitative estimate of drug-likeness (QED) is 0.319. The van der Waals surface area contributed by atoms with Gasteiger partial charge in [0.15, 0.2) is 0 Å². The zero-order valence-corrected chi connectivity index (χ0v) is 6.31. The number of aliphatic imine (C=N–C) groups is 1. The van der Waals surface area contributed by atoms with Crippen LogP contribution in [-0.2, 0) is 3.07 Å². The van der Waals surface area contributed by atoms with E-state index < -0.39 is 0 Å². The molecule has 0 spiro atoms. The van der Waals surface area contributed by atoms with Crippen LogP contribution in [-0.4, -0.2) is 16.9 Å². The molecule has 3 heteroatoms. The molecule has 42 valence electrons. The van der Waals surface area contributed by atoms with Crippen LogP contribution in [0.5, 0.6) is 0 Å². The summed E-state index contributed by atoms with van der Waals surface area (Å²) in [5.74, 6) is 0.888. The fourth-order valence-electron chi connectivity index (χ4n) is 0.376. The summed E-state index contributed by atoms with van der Waals surface area (Å²) >= 11 is 0.0437. The van der Waals surface area contributed by atoms with Gasteiger partial charge in [-0.3, -0.25) is 0 Å². The molecule has 0 saturated carbocycles. The Morgan fingerprint density at radius 2 is 2.71 bits per heavy atom. The summed E-state index contributed by atoms with van der Waals surface area (Å²) in [6, 6.07) is 0. The monoisotopic (exact) mass is 212 g/mol. The molecule has 0 unspecified atom stereocenters. The second-order valence-corrected chi connectivity index (χ2v) is 3.42. The molecule has 0 saturated heterocycles. The normalized spacial score (nSPS) is 21.6. The molecule has 2 nitrogen and oxygen atoms in total. The Balaban J connectivity index is 2.40. The van der Waals surface area contributed by atoms with Crippen molar-refractivity contribution in [1.29, 1.82) is 0 Å². The van der Waals surface area contributed by atoms with E-state index in [2.05, 4.69) is 4.99 Å². The molecular weight excluding hydrogens is 205 g/mol. The van der Waals surface area contributed by atoms with E-state index in [0.29, 0.717) is 0 Å². The summed E-state index contributed by atoms with van der Waals surface area (Å²) in [5, 5.41) is 0. The number of hydrogen-bond acceptors (Lipinski definition) is 2. The summed E-state index contributed by atoms with van der Waals surface area (Å²) in [7, 11) is 0. The van der Waals surface area contributed by atoms with Crippen molar-refractivity contribution < 1.29 is 24.7 Å². The molecule has 7 heavy (non-hydrogen) atoms. The van der Waals surface area contributed by atoms with Gasteiger partial charge in [-0.15, -0.1) is 0 Å². The van der Waals surface area contributed by atoms with Gasteiger partial charge in [-0.05, 0) is 0 Å². The first-order valence-electron chi connectivity index (χ1n) is 2.17. The SMILES string of the molecule is CC1=NCC[I-]O1. The van der Waals surface area contributed by atoms with Crippen LogP contribution in [0.3, 0.4) is 0 Å². The third kappa shape index (κ3) is 1.63. The van der Waals surface area contributed by atoms with Crippen molar-refractivity contribution in [1.82, 2.24) is 0 Å². The number of nitrogens with zero attached hydrogens (tertiary/aromatic N) is 1. The van der Waals surface area contributed by atoms with Gasteiger partial charge in [0, 0.05) is 0 Å². The first-order valence-corrected chi connectivity index (χ1v) is 4.57. The van der Waals surface area contributed by atoms with Crippen molar-refractivity contribution in [2.75, 3.05) is 11.0 Å². The molecule has 1 aliphatic heterocycles. The van der Waals surface area contributed by atoms with Crippen LogP contribution < -0.4 is 21.6 Å². The Kier molecular flexibility index (Phi) is 1.90. The molecule has 1 aliphatic rings.